The molecule has 12 heteroatoms. The zero-order valence-corrected chi connectivity index (χ0v) is 23.5. The number of nitrogens with one attached hydrogen (secondary N) is 1. The number of amides is 1. The van der Waals surface area contributed by atoms with Crippen molar-refractivity contribution < 1.29 is 14.3 Å². The van der Waals surface area contributed by atoms with Crippen LogP contribution in [0.25, 0.3) is 17.1 Å². The van der Waals surface area contributed by atoms with Crippen LogP contribution in [0, 0.1) is 18.8 Å². The van der Waals surface area contributed by atoms with Gasteiger partial charge < -0.3 is 24.6 Å². The van der Waals surface area contributed by atoms with Gasteiger partial charge in [-0.1, -0.05) is 5.92 Å². The molecule has 212 valence electrons. The van der Waals surface area contributed by atoms with Crippen LogP contribution in [0.5, 0.6) is 11.5 Å². The third kappa shape index (κ3) is 4.62. The molecule has 1 saturated heterocycles. The number of anilines is 3. The first-order chi connectivity index (χ1) is 20.5. The summed E-state index contributed by atoms with van der Waals surface area (Å²) in [6.07, 6.45) is 5.75. The first-order valence-corrected chi connectivity index (χ1v) is 13.9. The van der Waals surface area contributed by atoms with Gasteiger partial charge in [-0.05, 0) is 50.5 Å². The number of rotatable bonds is 4. The van der Waals surface area contributed by atoms with E-state index in [1.807, 2.05) is 41.9 Å². The molecular formula is C30H29N9O3. The number of hydrogen-bond acceptors (Lipinski definition) is 10. The van der Waals surface area contributed by atoms with Crippen molar-refractivity contribution in [2.45, 2.75) is 39.3 Å². The van der Waals surface area contributed by atoms with Crippen LogP contribution in [0.3, 0.4) is 0 Å². The molecule has 3 aromatic heterocycles. The highest BCUT2D eigenvalue weighted by Crippen LogP contribution is 2.36. The van der Waals surface area contributed by atoms with Crippen molar-refractivity contribution in [3.05, 3.63) is 54.1 Å². The number of aromatic nitrogens is 6. The summed E-state index contributed by atoms with van der Waals surface area (Å²) >= 11 is 0. The van der Waals surface area contributed by atoms with Gasteiger partial charge in [-0.15, -0.1) is 0 Å². The van der Waals surface area contributed by atoms with Gasteiger partial charge in [0.2, 0.25) is 0 Å². The Morgan fingerprint density at radius 1 is 1.17 bits per heavy atom. The number of fused-ring (bicyclic) bond motifs is 6. The predicted octanol–water partition coefficient (Wildman–Crippen LogP) is 3.49. The fourth-order valence-corrected chi connectivity index (χ4v) is 5.68. The Labute approximate surface area is 242 Å². The second-order valence-electron chi connectivity index (χ2n) is 10.6. The second kappa shape index (κ2) is 10.3. The van der Waals surface area contributed by atoms with Crippen molar-refractivity contribution >= 4 is 40.3 Å². The van der Waals surface area contributed by atoms with E-state index in [-0.39, 0.29) is 18.0 Å². The van der Waals surface area contributed by atoms with E-state index in [1.165, 1.54) is 6.33 Å². The first kappa shape index (κ1) is 25.8. The molecule has 7 rings (SSSR count). The van der Waals surface area contributed by atoms with Crippen molar-refractivity contribution in [1.29, 1.82) is 0 Å². The highest BCUT2D eigenvalue weighted by Gasteiger charge is 2.35. The lowest BCUT2D eigenvalue weighted by molar-refractivity contribution is -0.128. The van der Waals surface area contributed by atoms with Gasteiger partial charge in [-0.25, -0.2) is 24.6 Å². The summed E-state index contributed by atoms with van der Waals surface area (Å²) in [6, 6.07) is 7.88. The average molecular weight is 564 g/mol. The van der Waals surface area contributed by atoms with Gasteiger partial charge in [-0.2, -0.15) is 5.10 Å². The van der Waals surface area contributed by atoms with Crippen LogP contribution in [-0.4, -0.2) is 72.8 Å². The van der Waals surface area contributed by atoms with Crippen LogP contribution >= 0.6 is 0 Å². The van der Waals surface area contributed by atoms with Crippen molar-refractivity contribution in [3.8, 4) is 23.3 Å². The Balaban J connectivity index is 1.13. The lowest BCUT2D eigenvalue weighted by atomic mass is 10.1. The molecular weight excluding hydrogens is 534 g/mol. The third-order valence-electron chi connectivity index (χ3n) is 7.75. The van der Waals surface area contributed by atoms with Crippen molar-refractivity contribution in [1.82, 2.24) is 34.6 Å². The number of ether oxygens (including phenoxy) is 2. The summed E-state index contributed by atoms with van der Waals surface area (Å²) in [7, 11) is 0. The van der Waals surface area contributed by atoms with Gasteiger partial charge in [0.25, 0.3) is 5.91 Å². The van der Waals surface area contributed by atoms with E-state index in [1.54, 1.807) is 18.2 Å². The number of piperazine rings is 1. The van der Waals surface area contributed by atoms with Crippen LogP contribution in [0.4, 0.5) is 17.3 Å². The molecule has 0 radical (unpaired) electrons. The normalized spacial score (nSPS) is 19.0. The van der Waals surface area contributed by atoms with E-state index in [4.69, 9.17) is 14.5 Å². The van der Waals surface area contributed by atoms with E-state index < -0.39 is 0 Å². The largest absolute Gasteiger partial charge is 0.487 e. The lowest BCUT2D eigenvalue weighted by Gasteiger charge is -2.38. The van der Waals surface area contributed by atoms with Gasteiger partial charge in [0.05, 0.1) is 17.6 Å². The zero-order valence-electron chi connectivity index (χ0n) is 23.5. The Bertz CT molecular complexity index is 1800. The van der Waals surface area contributed by atoms with E-state index in [0.717, 1.165) is 40.8 Å². The molecule has 1 fully saturated rings. The number of hydrogen-bond donors (Lipinski definition) is 1. The van der Waals surface area contributed by atoms with E-state index in [2.05, 4.69) is 49.0 Å². The maximum Gasteiger partial charge on any atom is 0.298 e. The lowest BCUT2D eigenvalue weighted by Crippen LogP contribution is -2.56. The molecule has 2 unspecified atom stereocenters. The summed E-state index contributed by atoms with van der Waals surface area (Å²) in [5, 5.41) is 7.70. The Morgan fingerprint density at radius 3 is 2.93 bits per heavy atom. The van der Waals surface area contributed by atoms with E-state index in [0.29, 0.717) is 48.8 Å². The molecule has 42 heavy (non-hydrogen) atoms. The van der Waals surface area contributed by atoms with Crippen LogP contribution in [-0.2, 0) is 4.79 Å². The molecule has 0 spiro atoms. The third-order valence-corrected chi connectivity index (χ3v) is 7.75. The molecule has 3 aliphatic heterocycles. The molecule has 0 aliphatic carbocycles. The van der Waals surface area contributed by atoms with Crippen LogP contribution in [0.2, 0.25) is 0 Å². The molecule has 0 saturated carbocycles. The van der Waals surface area contributed by atoms with Gasteiger partial charge in [0, 0.05) is 43.9 Å². The fraction of sp³-hybridized carbons (Fsp3) is 0.333. The summed E-state index contributed by atoms with van der Waals surface area (Å²) in [5.74, 6) is 9.57. The standard InChI is InChI=1S/C30H29N9O3/c1-4-5-27(40)38-9-8-37-14-21(38)15-41-25-13-23-28(36-30(25)37)29(33-16-31-23)35-20-6-7-24(18(2)10-20)42-22-11-19(3)39-26(12-22)32-17-34-39/h6-7,10,12-13,16-17,19,21H,8-9,11,14-15H2,1-3H3,(H,31,33,35). The molecule has 4 aromatic rings. The average Bonchev–Trinajstić information content (AvgIpc) is 3.42. The SMILES string of the molecule is CC#CC(=O)N1CCN2CC1COc1cc3ncnc(Nc4ccc(OC5=Cc6ncnn6C(C)C5)c(C)c4)c3nc12. The number of benzene rings is 1. The second-order valence-corrected chi connectivity index (χ2v) is 10.6. The van der Waals surface area contributed by atoms with Gasteiger partial charge in [0.15, 0.2) is 23.2 Å². The zero-order chi connectivity index (χ0) is 28.8. The van der Waals surface area contributed by atoms with Crippen molar-refractivity contribution in [2.75, 3.05) is 36.5 Å². The molecule has 2 bridgehead atoms. The Morgan fingerprint density at radius 2 is 2.07 bits per heavy atom. The summed E-state index contributed by atoms with van der Waals surface area (Å²) in [4.78, 5) is 34.7. The summed E-state index contributed by atoms with van der Waals surface area (Å²) in [6.45, 7) is 7.95. The van der Waals surface area contributed by atoms with Gasteiger partial charge in [-0.3, -0.25) is 4.79 Å². The number of aryl methyl sites for hydroxylation is 1. The van der Waals surface area contributed by atoms with Crippen LogP contribution in [0.15, 0.2) is 42.7 Å². The minimum absolute atomic E-state index is 0.109. The molecule has 1 amide bonds. The maximum atomic E-state index is 12.5. The molecule has 3 aliphatic rings. The van der Waals surface area contributed by atoms with E-state index in [9.17, 15) is 4.79 Å². The molecule has 6 heterocycles. The maximum absolute atomic E-state index is 12.5. The molecule has 2 atom stereocenters. The van der Waals surface area contributed by atoms with Gasteiger partial charge in [0.1, 0.15) is 36.3 Å². The Kier molecular flexibility index (Phi) is 6.34. The smallest absolute Gasteiger partial charge is 0.298 e. The fourth-order valence-electron chi connectivity index (χ4n) is 5.68. The number of allylic oxidation sites excluding steroid dienone is 1. The Hall–Kier alpha value is -5.18. The minimum atomic E-state index is -0.173. The predicted molar refractivity (Wildman–Crippen MR) is 156 cm³/mol. The van der Waals surface area contributed by atoms with Gasteiger partial charge >= 0.3 is 0 Å². The highest BCUT2D eigenvalue weighted by molar-refractivity contribution is 5.94. The van der Waals surface area contributed by atoms with E-state index >= 15 is 0 Å². The minimum Gasteiger partial charge on any atom is -0.487 e. The molecule has 1 aromatic carbocycles. The topological polar surface area (TPSA) is 123 Å². The summed E-state index contributed by atoms with van der Waals surface area (Å²) < 4.78 is 14.3. The molecule has 12 nitrogen and oxygen atoms in total. The first-order valence-electron chi connectivity index (χ1n) is 13.9. The number of nitrogens with zero attached hydrogens (tertiary/aromatic N) is 8. The van der Waals surface area contributed by atoms with Crippen LogP contribution in [0.1, 0.15) is 37.7 Å². The monoisotopic (exact) mass is 563 g/mol. The number of carbonyl (C=O) groups is 1. The summed E-state index contributed by atoms with van der Waals surface area (Å²) in [5.41, 5.74) is 3.12. The number of pyridine rings is 1. The van der Waals surface area contributed by atoms with Crippen LogP contribution < -0.4 is 19.7 Å². The van der Waals surface area contributed by atoms with Crippen molar-refractivity contribution in [2.24, 2.45) is 0 Å². The molecule has 1 N–H and O–H groups in total. The number of carbonyl (C=O) groups excluding carboxylic acids is 1. The van der Waals surface area contributed by atoms with Crippen molar-refractivity contribution in [3.63, 3.8) is 0 Å². The quantitative estimate of drug-likeness (QED) is 0.369. The highest BCUT2D eigenvalue weighted by atomic mass is 16.5.